The molecule has 0 aliphatic carbocycles. The Morgan fingerprint density at radius 2 is 1.50 bits per heavy atom. The van der Waals surface area contributed by atoms with Crippen molar-refractivity contribution in [3.8, 4) is 11.3 Å². The zero-order valence-corrected chi connectivity index (χ0v) is 11.1. The van der Waals surface area contributed by atoms with Gasteiger partial charge in [0.05, 0.1) is 16.8 Å². The van der Waals surface area contributed by atoms with Crippen LogP contribution in [0.1, 0.15) is 20.9 Å². The highest BCUT2D eigenvalue weighted by molar-refractivity contribution is 7.11. The Hall–Kier alpha value is -2.10. The molecule has 118 valence electrons. The molecule has 3 nitrogen and oxygen atoms in total. The second-order valence-electron chi connectivity index (χ2n) is 4.14. The minimum absolute atomic E-state index is 0.00598. The van der Waals surface area contributed by atoms with Gasteiger partial charge in [0, 0.05) is 10.9 Å². The molecule has 1 aromatic heterocycles. The van der Waals surface area contributed by atoms with Gasteiger partial charge in [-0.15, -0.1) is 11.3 Å². The number of benzene rings is 1. The quantitative estimate of drug-likeness (QED) is 0.816. The fraction of sp³-hybridized carbons (Fsp3) is 0.167. The molecule has 0 radical (unpaired) electrons. The number of hydrogen-bond acceptors (Lipinski definition) is 3. The van der Waals surface area contributed by atoms with Crippen LogP contribution in [0, 0.1) is 0 Å². The molecule has 0 fully saturated rings. The van der Waals surface area contributed by atoms with E-state index >= 15 is 0 Å². The van der Waals surface area contributed by atoms with Crippen molar-refractivity contribution in [1.82, 2.24) is 4.98 Å². The maximum atomic E-state index is 12.7. The predicted octanol–water partition coefficient (Wildman–Crippen LogP) is 4.55. The van der Waals surface area contributed by atoms with Crippen molar-refractivity contribution < 1.29 is 36.2 Å². The average Bonchev–Trinajstić information content (AvgIpc) is 2.85. The average molecular weight is 341 g/mol. The molecule has 0 aliphatic rings. The first-order chi connectivity index (χ1) is 9.98. The standard InChI is InChI=1S/C12H5F6NO2S/c13-11(14,15)6-1-5(2-7(3-6)12(16,17)18)8-4-22-9(19-8)10(20)21/h1-4H,(H,20,21). The van der Waals surface area contributed by atoms with Gasteiger partial charge in [0.25, 0.3) is 0 Å². The highest BCUT2D eigenvalue weighted by atomic mass is 32.1. The first kappa shape index (κ1) is 16.3. The van der Waals surface area contributed by atoms with Gasteiger partial charge in [0.2, 0.25) is 5.01 Å². The maximum Gasteiger partial charge on any atom is 0.416 e. The number of nitrogens with zero attached hydrogens (tertiary/aromatic N) is 1. The van der Waals surface area contributed by atoms with E-state index in [1.807, 2.05) is 0 Å². The second kappa shape index (κ2) is 5.27. The Bertz CT molecular complexity index is 687. The fourth-order valence-electron chi connectivity index (χ4n) is 1.61. The van der Waals surface area contributed by atoms with Gasteiger partial charge in [-0.2, -0.15) is 26.3 Å². The number of aromatic nitrogens is 1. The van der Waals surface area contributed by atoms with E-state index in [0.29, 0.717) is 23.5 Å². The molecule has 0 spiro atoms. The first-order valence-corrected chi connectivity index (χ1v) is 6.35. The van der Waals surface area contributed by atoms with E-state index in [1.54, 1.807) is 0 Å². The largest absolute Gasteiger partial charge is 0.476 e. The van der Waals surface area contributed by atoms with E-state index in [1.165, 1.54) is 0 Å². The molecular weight excluding hydrogens is 336 g/mol. The lowest BCUT2D eigenvalue weighted by Gasteiger charge is -2.13. The van der Waals surface area contributed by atoms with Crippen molar-refractivity contribution in [1.29, 1.82) is 0 Å². The van der Waals surface area contributed by atoms with Gasteiger partial charge in [0.15, 0.2) is 0 Å². The second-order valence-corrected chi connectivity index (χ2v) is 5.00. The summed E-state index contributed by atoms with van der Waals surface area (Å²) in [6, 6.07) is 0.986. The summed E-state index contributed by atoms with van der Waals surface area (Å²) in [5, 5.41) is 9.35. The Morgan fingerprint density at radius 3 is 1.86 bits per heavy atom. The number of rotatable bonds is 2. The molecule has 0 saturated heterocycles. The minimum atomic E-state index is -4.97. The lowest BCUT2D eigenvalue weighted by atomic mass is 10.0. The highest BCUT2D eigenvalue weighted by Crippen LogP contribution is 2.38. The summed E-state index contributed by atoms with van der Waals surface area (Å²) in [6.45, 7) is 0. The molecule has 0 amide bonds. The normalized spacial score (nSPS) is 12.5. The van der Waals surface area contributed by atoms with Gasteiger partial charge in [-0.05, 0) is 18.2 Å². The van der Waals surface area contributed by atoms with Crippen molar-refractivity contribution in [2.24, 2.45) is 0 Å². The third-order valence-corrected chi connectivity index (χ3v) is 3.40. The maximum absolute atomic E-state index is 12.7. The van der Waals surface area contributed by atoms with E-state index in [0.717, 1.165) is 5.38 Å². The predicted molar refractivity (Wildman–Crippen MR) is 64.5 cm³/mol. The number of thiazole rings is 1. The molecule has 2 aromatic rings. The minimum Gasteiger partial charge on any atom is -0.476 e. The van der Waals surface area contributed by atoms with Crippen LogP contribution in [-0.2, 0) is 12.4 Å². The van der Waals surface area contributed by atoms with Crippen LogP contribution in [0.2, 0.25) is 0 Å². The van der Waals surface area contributed by atoms with Crippen LogP contribution >= 0.6 is 11.3 Å². The summed E-state index contributed by atoms with van der Waals surface area (Å²) in [7, 11) is 0. The van der Waals surface area contributed by atoms with Crippen LogP contribution in [0.5, 0.6) is 0 Å². The summed E-state index contributed by atoms with van der Waals surface area (Å²) in [5.41, 5.74) is -3.69. The molecule has 2 rings (SSSR count). The van der Waals surface area contributed by atoms with Gasteiger partial charge < -0.3 is 5.11 Å². The highest BCUT2D eigenvalue weighted by Gasteiger charge is 2.37. The van der Waals surface area contributed by atoms with Gasteiger partial charge in [0.1, 0.15) is 0 Å². The summed E-state index contributed by atoms with van der Waals surface area (Å²) in [4.78, 5) is 14.2. The molecule has 1 N–H and O–H groups in total. The number of carboxylic acids is 1. The number of alkyl halides is 6. The first-order valence-electron chi connectivity index (χ1n) is 5.47. The molecule has 0 atom stereocenters. The van der Waals surface area contributed by atoms with E-state index in [4.69, 9.17) is 5.11 Å². The third-order valence-electron chi connectivity index (χ3n) is 2.57. The van der Waals surface area contributed by atoms with Crippen LogP contribution in [-0.4, -0.2) is 16.1 Å². The summed E-state index contributed by atoms with van der Waals surface area (Å²) >= 11 is 0.606. The van der Waals surface area contributed by atoms with Crippen LogP contribution in [0.15, 0.2) is 23.6 Å². The SMILES string of the molecule is O=C(O)c1nc(-c2cc(C(F)(F)F)cc(C(F)(F)F)c2)cs1. The van der Waals surface area contributed by atoms with Crippen molar-refractivity contribution in [2.45, 2.75) is 12.4 Å². The monoisotopic (exact) mass is 341 g/mol. The van der Waals surface area contributed by atoms with E-state index in [-0.39, 0.29) is 11.8 Å². The number of hydrogen-bond donors (Lipinski definition) is 1. The molecule has 22 heavy (non-hydrogen) atoms. The Kier molecular flexibility index (Phi) is 3.90. The van der Waals surface area contributed by atoms with E-state index in [9.17, 15) is 31.1 Å². The Labute approximate surface area is 122 Å². The van der Waals surface area contributed by atoms with Crippen LogP contribution < -0.4 is 0 Å². The molecule has 0 bridgehead atoms. The summed E-state index contributed by atoms with van der Waals surface area (Å²) in [6.07, 6.45) is -9.94. The van der Waals surface area contributed by atoms with Crippen LogP contribution in [0.3, 0.4) is 0 Å². The smallest absolute Gasteiger partial charge is 0.416 e. The molecule has 1 heterocycles. The molecular formula is C12H5F6NO2S. The van der Waals surface area contributed by atoms with Gasteiger partial charge in [-0.25, -0.2) is 9.78 Å². The molecule has 0 unspecified atom stereocenters. The van der Waals surface area contributed by atoms with Crippen molar-refractivity contribution in [3.05, 3.63) is 39.7 Å². The lowest BCUT2D eigenvalue weighted by Crippen LogP contribution is -2.11. The van der Waals surface area contributed by atoms with Gasteiger partial charge in [-0.3, -0.25) is 0 Å². The summed E-state index contributed by atoms with van der Waals surface area (Å²) in [5.74, 6) is -1.42. The summed E-state index contributed by atoms with van der Waals surface area (Å²) < 4.78 is 76.2. The van der Waals surface area contributed by atoms with Crippen LogP contribution in [0.4, 0.5) is 26.3 Å². The molecule has 0 saturated carbocycles. The van der Waals surface area contributed by atoms with Gasteiger partial charge >= 0.3 is 18.3 Å². The van der Waals surface area contributed by atoms with E-state index < -0.39 is 40.0 Å². The number of halogens is 6. The number of aromatic carboxylic acids is 1. The third kappa shape index (κ3) is 3.38. The van der Waals surface area contributed by atoms with Crippen molar-refractivity contribution in [2.75, 3.05) is 0 Å². The van der Waals surface area contributed by atoms with Gasteiger partial charge in [-0.1, -0.05) is 0 Å². The lowest BCUT2D eigenvalue weighted by molar-refractivity contribution is -0.143. The number of carboxylic acid groups (broad SMARTS) is 1. The zero-order valence-electron chi connectivity index (χ0n) is 10.3. The Balaban J connectivity index is 2.61. The molecule has 1 aromatic carbocycles. The van der Waals surface area contributed by atoms with E-state index in [2.05, 4.69) is 4.98 Å². The zero-order chi connectivity index (χ0) is 16.7. The fourth-order valence-corrected chi connectivity index (χ4v) is 2.27. The molecule has 0 aliphatic heterocycles. The van der Waals surface area contributed by atoms with Crippen LogP contribution in [0.25, 0.3) is 11.3 Å². The number of carbonyl (C=O) groups is 1. The molecule has 10 heteroatoms. The van der Waals surface area contributed by atoms with Crippen molar-refractivity contribution in [3.63, 3.8) is 0 Å². The van der Waals surface area contributed by atoms with Crippen molar-refractivity contribution >= 4 is 17.3 Å². The topological polar surface area (TPSA) is 50.2 Å². The Morgan fingerprint density at radius 1 is 1.00 bits per heavy atom.